The summed E-state index contributed by atoms with van der Waals surface area (Å²) in [5.74, 6) is 2.82. The molecule has 1 amide bonds. The summed E-state index contributed by atoms with van der Waals surface area (Å²) in [6.45, 7) is 4.14. The van der Waals surface area contributed by atoms with Gasteiger partial charge < -0.3 is 10.0 Å². The molecular weight excluding hydrogens is 204 g/mol. The largest absolute Gasteiger partial charge is 0.396 e. The van der Waals surface area contributed by atoms with E-state index in [1.165, 1.54) is 0 Å². The van der Waals surface area contributed by atoms with E-state index in [0.717, 1.165) is 32.6 Å². The highest BCUT2D eigenvalue weighted by Gasteiger charge is 2.19. The quantitative estimate of drug-likeness (QED) is 0.525. The van der Waals surface area contributed by atoms with Crippen molar-refractivity contribution in [2.45, 2.75) is 19.3 Å². The van der Waals surface area contributed by atoms with Crippen LogP contribution in [0.3, 0.4) is 0 Å². The molecule has 0 unspecified atom stereocenters. The van der Waals surface area contributed by atoms with Crippen molar-refractivity contribution >= 4 is 5.91 Å². The lowest BCUT2D eigenvalue weighted by molar-refractivity contribution is -0.133. The lowest BCUT2D eigenvalue weighted by Gasteiger charge is -2.33. The third-order valence-corrected chi connectivity index (χ3v) is 2.84. The Labute approximate surface area is 97.2 Å². The van der Waals surface area contributed by atoms with Gasteiger partial charge in [-0.1, -0.05) is 5.92 Å². The van der Waals surface area contributed by atoms with Crippen LogP contribution in [0.15, 0.2) is 0 Å². The van der Waals surface area contributed by atoms with Crippen molar-refractivity contribution in [3.63, 3.8) is 0 Å². The first-order valence-corrected chi connectivity index (χ1v) is 5.82. The molecule has 1 rings (SSSR count). The van der Waals surface area contributed by atoms with Crippen molar-refractivity contribution in [1.82, 2.24) is 9.80 Å². The van der Waals surface area contributed by atoms with E-state index in [4.69, 9.17) is 11.5 Å². The van der Waals surface area contributed by atoms with Crippen LogP contribution in [0, 0.1) is 12.3 Å². The van der Waals surface area contributed by atoms with Crippen LogP contribution in [0.2, 0.25) is 0 Å². The zero-order valence-corrected chi connectivity index (χ0v) is 9.69. The number of nitrogens with zero attached hydrogens (tertiary/aromatic N) is 2. The molecule has 0 aromatic heterocycles. The maximum absolute atomic E-state index is 11.7. The number of hydrogen-bond donors (Lipinski definition) is 1. The second kappa shape index (κ2) is 7.26. The highest BCUT2D eigenvalue weighted by atomic mass is 16.3. The molecule has 0 spiro atoms. The van der Waals surface area contributed by atoms with Gasteiger partial charge in [0.2, 0.25) is 5.91 Å². The van der Waals surface area contributed by atoms with Crippen molar-refractivity contribution in [2.24, 2.45) is 0 Å². The summed E-state index contributed by atoms with van der Waals surface area (Å²) in [6, 6.07) is 0. The van der Waals surface area contributed by atoms with Crippen LogP contribution in [0.5, 0.6) is 0 Å². The minimum atomic E-state index is 0.170. The molecular formula is C12H20N2O2. The molecule has 1 N–H and O–H groups in total. The number of aliphatic hydroxyl groups excluding tert-OH is 1. The summed E-state index contributed by atoms with van der Waals surface area (Å²) in [6.07, 6.45) is 7.28. The summed E-state index contributed by atoms with van der Waals surface area (Å²) in [5, 5.41) is 8.63. The maximum atomic E-state index is 11.7. The topological polar surface area (TPSA) is 43.8 Å². The average Bonchev–Trinajstić information content (AvgIpc) is 2.30. The molecule has 4 nitrogen and oxygen atoms in total. The predicted molar refractivity (Wildman–Crippen MR) is 62.8 cm³/mol. The zero-order valence-electron chi connectivity index (χ0n) is 9.69. The Bertz CT molecular complexity index is 252. The molecule has 0 saturated carbocycles. The van der Waals surface area contributed by atoms with E-state index in [1.54, 1.807) is 0 Å². The molecule has 1 fully saturated rings. The van der Waals surface area contributed by atoms with E-state index in [1.807, 2.05) is 4.90 Å². The minimum Gasteiger partial charge on any atom is -0.396 e. The average molecular weight is 224 g/mol. The van der Waals surface area contributed by atoms with Crippen LogP contribution < -0.4 is 0 Å². The van der Waals surface area contributed by atoms with E-state index in [2.05, 4.69) is 10.8 Å². The molecule has 0 radical (unpaired) electrons. The van der Waals surface area contributed by atoms with Gasteiger partial charge in [-0.05, 0) is 12.8 Å². The molecule has 1 saturated heterocycles. The molecule has 1 heterocycles. The smallest absolute Gasteiger partial charge is 0.222 e. The molecule has 0 bridgehead atoms. The summed E-state index contributed by atoms with van der Waals surface area (Å²) in [5.41, 5.74) is 0. The van der Waals surface area contributed by atoms with E-state index in [0.29, 0.717) is 19.4 Å². The third-order valence-electron chi connectivity index (χ3n) is 2.84. The van der Waals surface area contributed by atoms with Crippen LogP contribution >= 0.6 is 0 Å². The molecule has 0 atom stereocenters. The Kier molecular flexibility index (Phi) is 5.91. The lowest BCUT2D eigenvalue weighted by atomic mass is 10.2. The number of rotatable bonds is 5. The third kappa shape index (κ3) is 4.21. The standard InChI is InChI=1S/C12H20N2O2/c1-2-6-13-7-9-14(10-8-13)12(16)5-3-4-11-15/h1,15H,3-11H2. The molecule has 16 heavy (non-hydrogen) atoms. The first kappa shape index (κ1) is 13.0. The molecule has 90 valence electrons. The summed E-state index contributed by atoms with van der Waals surface area (Å²) < 4.78 is 0. The van der Waals surface area contributed by atoms with Crippen LogP contribution in [0.25, 0.3) is 0 Å². The van der Waals surface area contributed by atoms with E-state index in [9.17, 15) is 4.79 Å². The Balaban J connectivity index is 2.20. The molecule has 0 aromatic carbocycles. The SMILES string of the molecule is C#CCN1CCN(C(=O)CCCCO)CC1. The Morgan fingerprint density at radius 1 is 1.25 bits per heavy atom. The van der Waals surface area contributed by atoms with Gasteiger partial charge in [0, 0.05) is 39.2 Å². The van der Waals surface area contributed by atoms with Gasteiger partial charge in [-0.25, -0.2) is 0 Å². The normalized spacial score (nSPS) is 17.1. The molecule has 1 aliphatic heterocycles. The van der Waals surface area contributed by atoms with E-state index in [-0.39, 0.29) is 12.5 Å². The predicted octanol–water partition coefficient (Wildman–Crippen LogP) is -0.0736. The van der Waals surface area contributed by atoms with E-state index >= 15 is 0 Å². The van der Waals surface area contributed by atoms with Gasteiger partial charge in [0.05, 0.1) is 6.54 Å². The fourth-order valence-corrected chi connectivity index (χ4v) is 1.83. The highest BCUT2D eigenvalue weighted by Crippen LogP contribution is 2.05. The summed E-state index contributed by atoms with van der Waals surface area (Å²) >= 11 is 0. The second-order valence-corrected chi connectivity index (χ2v) is 4.04. The van der Waals surface area contributed by atoms with Gasteiger partial charge in [-0.3, -0.25) is 9.69 Å². The number of carbonyl (C=O) groups is 1. The lowest BCUT2D eigenvalue weighted by Crippen LogP contribution is -2.48. The number of aliphatic hydroxyl groups is 1. The van der Waals surface area contributed by atoms with Crippen molar-refractivity contribution in [3.05, 3.63) is 0 Å². The number of unbranched alkanes of at least 4 members (excludes halogenated alkanes) is 1. The monoisotopic (exact) mass is 224 g/mol. The molecule has 4 heteroatoms. The van der Waals surface area contributed by atoms with Crippen molar-refractivity contribution in [3.8, 4) is 12.3 Å². The van der Waals surface area contributed by atoms with Gasteiger partial charge in [0.1, 0.15) is 0 Å². The molecule has 0 aliphatic carbocycles. The number of piperazine rings is 1. The van der Waals surface area contributed by atoms with Gasteiger partial charge in [0.15, 0.2) is 0 Å². The Morgan fingerprint density at radius 2 is 1.94 bits per heavy atom. The number of carbonyl (C=O) groups excluding carboxylic acids is 1. The van der Waals surface area contributed by atoms with Gasteiger partial charge in [0.25, 0.3) is 0 Å². The zero-order chi connectivity index (χ0) is 11.8. The molecule has 1 aliphatic rings. The van der Waals surface area contributed by atoms with Gasteiger partial charge in [-0.15, -0.1) is 6.42 Å². The van der Waals surface area contributed by atoms with E-state index < -0.39 is 0 Å². The van der Waals surface area contributed by atoms with Crippen LogP contribution in [-0.4, -0.2) is 60.1 Å². The number of hydrogen-bond acceptors (Lipinski definition) is 3. The number of amides is 1. The Hall–Kier alpha value is -1.05. The van der Waals surface area contributed by atoms with Crippen LogP contribution in [0.1, 0.15) is 19.3 Å². The maximum Gasteiger partial charge on any atom is 0.222 e. The van der Waals surface area contributed by atoms with Crippen molar-refractivity contribution in [1.29, 1.82) is 0 Å². The number of terminal acetylenes is 1. The first-order chi connectivity index (χ1) is 7.77. The van der Waals surface area contributed by atoms with Crippen molar-refractivity contribution in [2.75, 3.05) is 39.3 Å². The second-order valence-electron chi connectivity index (χ2n) is 4.04. The van der Waals surface area contributed by atoms with Crippen LogP contribution in [0.4, 0.5) is 0 Å². The Morgan fingerprint density at radius 3 is 2.50 bits per heavy atom. The van der Waals surface area contributed by atoms with Crippen molar-refractivity contribution < 1.29 is 9.90 Å². The highest BCUT2D eigenvalue weighted by molar-refractivity contribution is 5.76. The summed E-state index contributed by atoms with van der Waals surface area (Å²) in [4.78, 5) is 15.8. The summed E-state index contributed by atoms with van der Waals surface area (Å²) in [7, 11) is 0. The minimum absolute atomic E-state index is 0.170. The van der Waals surface area contributed by atoms with Gasteiger partial charge >= 0.3 is 0 Å². The first-order valence-electron chi connectivity index (χ1n) is 5.82. The van der Waals surface area contributed by atoms with Gasteiger partial charge in [-0.2, -0.15) is 0 Å². The fourth-order valence-electron chi connectivity index (χ4n) is 1.83. The van der Waals surface area contributed by atoms with Crippen LogP contribution in [-0.2, 0) is 4.79 Å². The fraction of sp³-hybridized carbons (Fsp3) is 0.750. The molecule has 0 aromatic rings.